The van der Waals surface area contributed by atoms with Crippen LogP contribution in [0.1, 0.15) is 31.4 Å². The van der Waals surface area contributed by atoms with Gasteiger partial charge in [-0.2, -0.15) is 0 Å². The van der Waals surface area contributed by atoms with Gasteiger partial charge in [-0.25, -0.2) is 8.42 Å². The van der Waals surface area contributed by atoms with Crippen molar-refractivity contribution in [3.8, 4) is 5.75 Å². The Kier molecular flexibility index (Phi) is 10.4. The molecule has 0 aliphatic heterocycles. The van der Waals surface area contributed by atoms with Crippen molar-refractivity contribution in [2.75, 3.05) is 24.5 Å². The number of anilines is 1. The van der Waals surface area contributed by atoms with E-state index in [1.54, 1.807) is 44.4 Å². The summed E-state index contributed by atoms with van der Waals surface area (Å²) in [4.78, 5) is 28.4. The third kappa shape index (κ3) is 7.52. The Morgan fingerprint density at radius 1 is 1.00 bits per heavy atom. The molecule has 1 N–H and O–H groups in total. The molecule has 208 valence electrons. The van der Waals surface area contributed by atoms with Gasteiger partial charge in [-0.1, -0.05) is 42.8 Å². The number of sulfonamides is 1. The number of methoxy groups -OCH3 is 1. The first kappa shape index (κ1) is 30.0. The molecule has 3 aromatic carbocycles. The van der Waals surface area contributed by atoms with Gasteiger partial charge in [0.2, 0.25) is 11.8 Å². The smallest absolute Gasteiger partial charge is 0.264 e. The molecule has 3 aromatic rings. The minimum absolute atomic E-state index is 0.00122. The Morgan fingerprint density at radius 2 is 1.67 bits per heavy atom. The molecule has 0 aliphatic rings. The summed E-state index contributed by atoms with van der Waals surface area (Å²) in [7, 11) is -2.59. The number of aryl methyl sites for hydroxylation is 1. The number of halogens is 1. The molecular weight excluding hydrogens is 538 g/mol. The van der Waals surface area contributed by atoms with E-state index in [1.807, 2.05) is 32.0 Å². The van der Waals surface area contributed by atoms with Crippen LogP contribution in [0.5, 0.6) is 5.75 Å². The first-order chi connectivity index (χ1) is 18.6. The second-order valence-corrected chi connectivity index (χ2v) is 11.3. The van der Waals surface area contributed by atoms with Crippen molar-refractivity contribution in [3.05, 3.63) is 88.9 Å². The van der Waals surface area contributed by atoms with Gasteiger partial charge in [-0.05, 0) is 79.9 Å². The molecule has 8 nitrogen and oxygen atoms in total. The van der Waals surface area contributed by atoms with Gasteiger partial charge in [0.05, 0.1) is 17.7 Å². The molecule has 0 unspecified atom stereocenters. The summed E-state index contributed by atoms with van der Waals surface area (Å²) in [5, 5.41) is 3.19. The van der Waals surface area contributed by atoms with E-state index in [1.165, 1.54) is 29.2 Å². The number of likely N-dealkylation sites (N-methyl/N-ethyl adjacent to an activating group) is 1. The molecule has 10 heteroatoms. The van der Waals surface area contributed by atoms with Crippen molar-refractivity contribution in [3.63, 3.8) is 0 Å². The van der Waals surface area contributed by atoms with Crippen LogP contribution >= 0.6 is 11.6 Å². The predicted octanol–water partition coefficient (Wildman–Crippen LogP) is 4.80. The second kappa shape index (κ2) is 13.5. The van der Waals surface area contributed by atoms with Gasteiger partial charge in [-0.3, -0.25) is 13.9 Å². The lowest BCUT2D eigenvalue weighted by molar-refractivity contribution is -0.140. The third-order valence-electron chi connectivity index (χ3n) is 6.22. The number of hydrogen-bond acceptors (Lipinski definition) is 5. The zero-order valence-corrected chi connectivity index (χ0v) is 24.1. The maximum absolute atomic E-state index is 14.0. The van der Waals surface area contributed by atoms with Gasteiger partial charge in [-0.15, -0.1) is 0 Å². The van der Waals surface area contributed by atoms with Gasteiger partial charge in [0.25, 0.3) is 10.0 Å². The van der Waals surface area contributed by atoms with E-state index < -0.39 is 28.5 Å². The van der Waals surface area contributed by atoms with Crippen LogP contribution in [-0.4, -0.2) is 51.4 Å². The van der Waals surface area contributed by atoms with Gasteiger partial charge >= 0.3 is 0 Å². The highest BCUT2D eigenvalue weighted by molar-refractivity contribution is 7.92. The summed E-state index contributed by atoms with van der Waals surface area (Å²) in [6.45, 7) is 5.48. The fourth-order valence-corrected chi connectivity index (χ4v) is 5.72. The van der Waals surface area contributed by atoms with E-state index in [4.69, 9.17) is 16.3 Å². The Balaban J connectivity index is 2.05. The van der Waals surface area contributed by atoms with Crippen LogP contribution in [0, 0.1) is 6.92 Å². The number of nitrogens with zero attached hydrogens (tertiary/aromatic N) is 2. The Labute approximate surface area is 235 Å². The van der Waals surface area contributed by atoms with Crippen molar-refractivity contribution in [2.45, 2.75) is 44.7 Å². The number of benzene rings is 3. The van der Waals surface area contributed by atoms with Crippen molar-refractivity contribution in [2.24, 2.45) is 0 Å². The van der Waals surface area contributed by atoms with E-state index in [0.29, 0.717) is 29.4 Å². The first-order valence-corrected chi connectivity index (χ1v) is 14.5. The molecule has 0 fully saturated rings. The normalized spacial score (nSPS) is 11.9. The summed E-state index contributed by atoms with van der Waals surface area (Å²) < 4.78 is 34.0. The molecule has 0 radical (unpaired) electrons. The Bertz CT molecular complexity index is 1380. The van der Waals surface area contributed by atoms with Crippen LogP contribution in [0.4, 0.5) is 5.69 Å². The number of carbonyl (C=O) groups is 2. The lowest BCUT2D eigenvalue weighted by Gasteiger charge is -2.33. The molecule has 0 heterocycles. The number of carbonyl (C=O) groups excluding carboxylic acids is 2. The average Bonchev–Trinajstić information content (AvgIpc) is 2.92. The van der Waals surface area contributed by atoms with E-state index in [0.717, 1.165) is 15.4 Å². The summed E-state index contributed by atoms with van der Waals surface area (Å²) in [6, 6.07) is 19.1. The minimum atomic E-state index is -4.15. The highest BCUT2D eigenvalue weighted by atomic mass is 35.5. The third-order valence-corrected chi connectivity index (χ3v) is 8.26. The zero-order valence-electron chi connectivity index (χ0n) is 22.6. The molecule has 0 saturated heterocycles. The molecule has 39 heavy (non-hydrogen) atoms. The van der Waals surface area contributed by atoms with Crippen molar-refractivity contribution in [1.82, 2.24) is 10.2 Å². The summed E-state index contributed by atoms with van der Waals surface area (Å²) >= 11 is 5.99. The average molecular weight is 572 g/mol. The molecule has 2 amide bonds. The minimum Gasteiger partial charge on any atom is -0.497 e. The first-order valence-electron chi connectivity index (χ1n) is 12.7. The number of ether oxygens (including phenoxy) is 1. The van der Waals surface area contributed by atoms with Crippen LogP contribution < -0.4 is 14.4 Å². The van der Waals surface area contributed by atoms with Gasteiger partial charge in [0.1, 0.15) is 18.3 Å². The van der Waals surface area contributed by atoms with Crippen LogP contribution in [0.3, 0.4) is 0 Å². The largest absolute Gasteiger partial charge is 0.497 e. The van der Waals surface area contributed by atoms with Crippen LogP contribution in [0.2, 0.25) is 5.02 Å². The van der Waals surface area contributed by atoms with Crippen molar-refractivity contribution in [1.29, 1.82) is 0 Å². The maximum atomic E-state index is 14.0. The molecular formula is C29H34ClN3O5S. The van der Waals surface area contributed by atoms with E-state index in [9.17, 15) is 18.0 Å². The molecule has 0 aromatic heterocycles. The number of nitrogens with one attached hydrogen (secondary N) is 1. The molecule has 0 aliphatic carbocycles. The van der Waals surface area contributed by atoms with Gasteiger partial charge < -0.3 is 15.0 Å². The molecule has 0 spiro atoms. The fourth-order valence-electron chi connectivity index (χ4n) is 4.18. The highest BCUT2D eigenvalue weighted by Crippen LogP contribution is 2.26. The van der Waals surface area contributed by atoms with Gasteiger partial charge in [0, 0.05) is 18.1 Å². The highest BCUT2D eigenvalue weighted by Gasteiger charge is 2.33. The maximum Gasteiger partial charge on any atom is 0.264 e. The zero-order chi connectivity index (χ0) is 28.6. The second-order valence-electron chi connectivity index (χ2n) is 8.99. The monoisotopic (exact) mass is 571 g/mol. The fraction of sp³-hybridized carbons (Fsp3) is 0.310. The van der Waals surface area contributed by atoms with E-state index in [2.05, 4.69) is 5.32 Å². The van der Waals surface area contributed by atoms with Crippen LogP contribution in [0.15, 0.2) is 77.7 Å². The summed E-state index contributed by atoms with van der Waals surface area (Å²) in [6.07, 6.45) is 0.349. The number of rotatable bonds is 12. The van der Waals surface area contributed by atoms with Crippen LogP contribution in [-0.2, 0) is 26.2 Å². The van der Waals surface area contributed by atoms with Crippen molar-refractivity contribution < 1.29 is 22.7 Å². The lowest BCUT2D eigenvalue weighted by atomic mass is 10.1. The molecule has 1 atom stereocenters. The standard InChI is InChI=1S/C29H34ClN3O5S/c1-5-27(29(35)31-6-2)32(19-22-10-14-25(38-4)15-11-22)28(34)20-33(24-9-7-8-21(3)18-24)39(36,37)26-16-12-23(30)13-17-26/h7-18,27H,5-6,19-20H2,1-4H3,(H,31,35)/t27-/m0/s1. The summed E-state index contributed by atoms with van der Waals surface area (Å²) in [5.41, 5.74) is 1.95. The molecule has 0 bridgehead atoms. The number of amides is 2. The Hall–Kier alpha value is -3.56. The van der Waals surface area contributed by atoms with Crippen LogP contribution in [0.25, 0.3) is 0 Å². The summed E-state index contributed by atoms with van der Waals surface area (Å²) in [5.74, 6) is -0.153. The van der Waals surface area contributed by atoms with E-state index in [-0.39, 0.29) is 17.3 Å². The lowest BCUT2D eigenvalue weighted by Crippen LogP contribution is -2.52. The SMILES string of the molecule is CCNC(=O)[C@H](CC)N(Cc1ccc(OC)cc1)C(=O)CN(c1cccc(C)c1)S(=O)(=O)c1ccc(Cl)cc1. The van der Waals surface area contributed by atoms with Crippen molar-refractivity contribution >= 4 is 39.1 Å². The number of hydrogen-bond donors (Lipinski definition) is 1. The quantitative estimate of drug-likeness (QED) is 0.337. The van der Waals surface area contributed by atoms with Gasteiger partial charge in [0.15, 0.2) is 0 Å². The van der Waals surface area contributed by atoms with E-state index >= 15 is 0 Å². The predicted molar refractivity (Wildman–Crippen MR) is 153 cm³/mol. The molecule has 3 rings (SSSR count). The Morgan fingerprint density at radius 3 is 2.23 bits per heavy atom. The molecule has 0 saturated carbocycles. The topological polar surface area (TPSA) is 96.0 Å².